The Balaban J connectivity index is 1.44. The van der Waals surface area contributed by atoms with Crippen molar-refractivity contribution in [2.45, 2.75) is 25.7 Å². The fraction of sp³-hybridized carbons (Fsp3) is 0.562. The number of amides is 1. The number of halogens is 1. The molecule has 0 atom stereocenters. The standard InChI is InChI=1S/C16H20FNO2/c17-14-3-1-2-4-15(14)20-11-12-7-9-18(10-8-12)16(19)13-5-6-13/h1-4,12-13H,5-11H2. The van der Waals surface area contributed by atoms with Gasteiger partial charge in [-0.15, -0.1) is 0 Å². The summed E-state index contributed by atoms with van der Waals surface area (Å²) in [7, 11) is 0. The van der Waals surface area contributed by atoms with Crippen LogP contribution in [0, 0.1) is 17.7 Å². The number of carbonyl (C=O) groups is 1. The van der Waals surface area contributed by atoms with Crippen LogP contribution in [0.4, 0.5) is 4.39 Å². The second-order valence-corrected chi connectivity index (χ2v) is 5.78. The molecule has 1 aromatic carbocycles. The fourth-order valence-electron chi connectivity index (χ4n) is 2.68. The molecule has 0 N–H and O–H groups in total. The van der Waals surface area contributed by atoms with Gasteiger partial charge in [-0.1, -0.05) is 12.1 Å². The molecule has 4 heteroatoms. The molecule has 3 nitrogen and oxygen atoms in total. The smallest absolute Gasteiger partial charge is 0.225 e. The number of para-hydroxylation sites is 1. The van der Waals surface area contributed by atoms with Crippen LogP contribution < -0.4 is 4.74 Å². The van der Waals surface area contributed by atoms with Gasteiger partial charge in [0.15, 0.2) is 11.6 Å². The highest BCUT2D eigenvalue weighted by molar-refractivity contribution is 5.81. The first kappa shape index (κ1) is 13.4. The maximum atomic E-state index is 13.4. The Morgan fingerprint density at radius 3 is 2.55 bits per heavy atom. The summed E-state index contributed by atoms with van der Waals surface area (Å²) < 4.78 is 19.0. The van der Waals surface area contributed by atoms with Crippen molar-refractivity contribution in [1.29, 1.82) is 0 Å². The largest absolute Gasteiger partial charge is 0.490 e. The van der Waals surface area contributed by atoms with Gasteiger partial charge in [0.25, 0.3) is 0 Å². The molecule has 0 aromatic heterocycles. The molecule has 1 aromatic rings. The quantitative estimate of drug-likeness (QED) is 0.847. The van der Waals surface area contributed by atoms with Gasteiger partial charge in [0.2, 0.25) is 5.91 Å². The fourth-order valence-corrected chi connectivity index (χ4v) is 2.68. The van der Waals surface area contributed by atoms with Crippen LogP contribution in [0.1, 0.15) is 25.7 Å². The number of rotatable bonds is 4. The lowest BCUT2D eigenvalue weighted by Gasteiger charge is -2.32. The minimum atomic E-state index is -0.311. The summed E-state index contributed by atoms with van der Waals surface area (Å²) in [6, 6.07) is 6.49. The van der Waals surface area contributed by atoms with Crippen LogP contribution in [0.3, 0.4) is 0 Å². The zero-order valence-electron chi connectivity index (χ0n) is 11.6. The highest BCUT2D eigenvalue weighted by Crippen LogP contribution is 2.32. The lowest BCUT2D eigenvalue weighted by molar-refractivity contribution is -0.134. The molecule has 108 valence electrons. The number of benzene rings is 1. The molecule has 1 heterocycles. The summed E-state index contributed by atoms with van der Waals surface area (Å²) in [5.74, 6) is 1.07. The SMILES string of the molecule is O=C(C1CC1)N1CCC(COc2ccccc2F)CC1. The summed E-state index contributed by atoms with van der Waals surface area (Å²) in [5, 5.41) is 0. The van der Waals surface area contributed by atoms with Gasteiger partial charge in [-0.25, -0.2) is 4.39 Å². The maximum absolute atomic E-state index is 13.4. The summed E-state index contributed by atoms with van der Waals surface area (Å²) in [5.41, 5.74) is 0. The normalized spacial score (nSPS) is 19.9. The Morgan fingerprint density at radius 1 is 1.20 bits per heavy atom. The molecule has 1 saturated carbocycles. The zero-order chi connectivity index (χ0) is 13.9. The zero-order valence-corrected chi connectivity index (χ0v) is 11.6. The first-order chi connectivity index (χ1) is 9.74. The van der Waals surface area contributed by atoms with Crippen LogP contribution in [0.25, 0.3) is 0 Å². The molecule has 2 aliphatic rings. The van der Waals surface area contributed by atoms with Crippen LogP contribution in [0.15, 0.2) is 24.3 Å². The molecule has 0 bridgehead atoms. The highest BCUT2D eigenvalue weighted by Gasteiger charge is 2.34. The molecule has 0 spiro atoms. The molecule has 1 amide bonds. The van der Waals surface area contributed by atoms with Gasteiger partial charge in [-0.3, -0.25) is 4.79 Å². The van der Waals surface area contributed by atoms with Crippen LogP contribution in [0.5, 0.6) is 5.75 Å². The van der Waals surface area contributed by atoms with Crippen molar-refractivity contribution in [3.05, 3.63) is 30.1 Å². The Labute approximate surface area is 118 Å². The van der Waals surface area contributed by atoms with Crippen molar-refractivity contribution in [2.75, 3.05) is 19.7 Å². The lowest BCUT2D eigenvalue weighted by Crippen LogP contribution is -2.40. The molecule has 20 heavy (non-hydrogen) atoms. The molecular weight excluding hydrogens is 257 g/mol. The van der Waals surface area contributed by atoms with Crippen molar-refractivity contribution in [3.8, 4) is 5.75 Å². The molecule has 1 saturated heterocycles. The number of likely N-dealkylation sites (tertiary alicyclic amines) is 1. The number of hydrogen-bond donors (Lipinski definition) is 0. The molecular formula is C16H20FNO2. The van der Waals surface area contributed by atoms with E-state index in [2.05, 4.69) is 0 Å². The van der Waals surface area contributed by atoms with E-state index in [4.69, 9.17) is 4.74 Å². The van der Waals surface area contributed by atoms with Crippen LogP contribution >= 0.6 is 0 Å². The number of ether oxygens (including phenoxy) is 1. The van der Waals surface area contributed by atoms with E-state index in [-0.39, 0.29) is 5.82 Å². The van der Waals surface area contributed by atoms with E-state index < -0.39 is 0 Å². The van der Waals surface area contributed by atoms with Gasteiger partial charge in [0, 0.05) is 19.0 Å². The van der Waals surface area contributed by atoms with E-state index in [0.29, 0.717) is 30.1 Å². The minimum Gasteiger partial charge on any atom is -0.490 e. The monoisotopic (exact) mass is 277 g/mol. The van der Waals surface area contributed by atoms with E-state index in [1.807, 2.05) is 4.90 Å². The molecule has 1 aliphatic heterocycles. The summed E-state index contributed by atoms with van der Waals surface area (Å²) in [6.07, 6.45) is 4.03. The topological polar surface area (TPSA) is 29.5 Å². The maximum Gasteiger partial charge on any atom is 0.225 e. The predicted octanol–water partition coefficient (Wildman–Crippen LogP) is 2.85. The third-order valence-electron chi connectivity index (χ3n) is 4.16. The summed E-state index contributed by atoms with van der Waals surface area (Å²) in [6.45, 7) is 2.17. The second kappa shape index (κ2) is 5.81. The first-order valence-corrected chi connectivity index (χ1v) is 7.40. The van der Waals surface area contributed by atoms with Crippen LogP contribution in [0.2, 0.25) is 0 Å². The van der Waals surface area contributed by atoms with Crippen molar-refractivity contribution < 1.29 is 13.9 Å². The van der Waals surface area contributed by atoms with E-state index in [9.17, 15) is 9.18 Å². The van der Waals surface area contributed by atoms with Gasteiger partial charge in [-0.2, -0.15) is 0 Å². The summed E-state index contributed by atoms with van der Waals surface area (Å²) in [4.78, 5) is 13.9. The predicted molar refractivity (Wildman–Crippen MR) is 73.9 cm³/mol. The first-order valence-electron chi connectivity index (χ1n) is 7.40. The van der Waals surface area contributed by atoms with Crippen molar-refractivity contribution >= 4 is 5.91 Å². The Hall–Kier alpha value is -1.58. The van der Waals surface area contributed by atoms with Gasteiger partial charge in [-0.05, 0) is 43.7 Å². The van der Waals surface area contributed by atoms with E-state index in [1.165, 1.54) is 6.07 Å². The van der Waals surface area contributed by atoms with E-state index >= 15 is 0 Å². The third-order valence-corrected chi connectivity index (χ3v) is 4.16. The van der Waals surface area contributed by atoms with Crippen LogP contribution in [-0.2, 0) is 4.79 Å². The van der Waals surface area contributed by atoms with Crippen molar-refractivity contribution in [3.63, 3.8) is 0 Å². The Morgan fingerprint density at radius 2 is 1.90 bits per heavy atom. The molecule has 3 rings (SSSR count). The van der Waals surface area contributed by atoms with Gasteiger partial charge < -0.3 is 9.64 Å². The highest BCUT2D eigenvalue weighted by atomic mass is 19.1. The van der Waals surface area contributed by atoms with Gasteiger partial charge >= 0.3 is 0 Å². The number of hydrogen-bond acceptors (Lipinski definition) is 2. The average molecular weight is 277 g/mol. The van der Waals surface area contributed by atoms with Crippen molar-refractivity contribution in [2.24, 2.45) is 11.8 Å². The number of piperidine rings is 1. The molecule has 0 unspecified atom stereocenters. The van der Waals surface area contributed by atoms with Gasteiger partial charge in [0.1, 0.15) is 0 Å². The number of carbonyl (C=O) groups excluding carboxylic acids is 1. The van der Waals surface area contributed by atoms with Crippen LogP contribution in [-0.4, -0.2) is 30.5 Å². The second-order valence-electron chi connectivity index (χ2n) is 5.78. The molecule has 1 aliphatic carbocycles. The minimum absolute atomic E-state index is 0.307. The Bertz CT molecular complexity index is 479. The molecule has 2 fully saturated rings. The Kier molecular flexibility index (Phi) is 3.90. The lowest BCUT2D eigenvalue weighted by atomic mass is 9.97. The van der Waals surface area contributed by atoms with E-state index in [1.54, 1.807) is 18.2 Å². The van der Waals surface area contributed by atoms with E-state index in [0.717, 1.165) is 38.8 Å². The number of nitrogens with zero attached hydrogens (tertiary/aromatic N) is 1. The third kappa shape index (κ3) is 3.11. The van der Waals surface area contributed by atoms with Gasteiger partial charge in [0.05, 0.1) is 6.61 Å². The van der Waals surface area contributed by atoms with Crippen molar-refractivity contribution in [1.82, 2.24) is 4.90 Å². The summed E-state index contributed by atoms with van der Waals surface area (Å²) >= 11 is 0. The average Bonchev–Trinajstić information content (AvgIpc) is 3.31. The molecule has 0 radical (unpaired) electrons.